The number of nitrogens with zero attached hydrogens (tertiary/aromatic N) is 2. The Hall–Kier alpha value is -1.33. The van der Waals surface area contributed by atoms with Gasteiger partial charge in [-0.25, -0.2) is 4.98 Å². The summed E-state index contributed by atoms with van der Waals surface area (Å²) in [6, 6.07) is 0. The van der Waals surface area contributed by atoms with Crippen molar-refractivity contribution in [1.29, 1.82) is 0 Å². The van der Waals surface area contributed by atoms with Crippen LogP contribution in [0, 0.1) is 0 Å². The van der Waals surface area contributed by atoms with E-state index in [-0.39, 0.29) is 18.0 Å². The van der Waals surface area contributed by atoms with Crippen molar-refractivity contribution in [2.75, 3.05) is 0 Å². The Balaban J connectivity index is 2.88. The molecule has 3 nitrogen and oxygen atoms in total. The summed E-state index contributed by atoms with van der Waals surface area (Å²) in [7, 11) is 0. The average molecular weight is 206 g/mol. The maximum atomic E-state index is 12.0. The molecule has 1 heterocycles. The number of carbonyl (C=O) groups is 1. The number of hydrogen-bond donors (Lipinski definition) is 0. The minimum atomic E-state index is -4.33. The Morgan fingerprint density at radius 3 is 2.71 bits per heavy atom. The van der Waals surface area contributed by atoms with Gasteiger partial charge in [0, 0.05) is 18.8 Å². The number of rotatable bonds is 3. The Bertz CT molecular complexity index is 330. The van der Waals surface area contributed by atoms with Crippen molar-refractivity contribution in [2.45, 2.75) is 26.1 Å². The number of imidazole rings is 1. The van der Waals surface area contributed by atoms with Crippen LogP contribution in [0.25, 0.3) is 0 Å². The molecule has 0 saturated carbocycles. The van der Waals surface area contributed by atoms with Crippen LogP contribution < -0.4 is 0 Å². The van der Waals surface area contributed by atoms with Crippen LogP contribution in [0.2, 0.25) is 0 Å². The SMILES string of the molecule is CCC(=O)c1nccn1CC(F)(F)F. The van der Waals surface area contributed by atoms with Gasteiger partial charge in [-0.2, -0.15) is 13.2 Å². The number of Topliss-reactive ketones (excluding diaryl/α,β-unsaturated/α-hetero) is 1. The van der Waals surface area contributed by atoms with Crippen molar-refractivity contribution in [1.82, 2.24) is 9.55 Å². The molecule has 1 aromatic heterocycles. The van der Waals surface area contributed by atoms with Crippen LogP contribution in [-0.2, 0) is 6.54 Å². The third-order valence-electron chi connectivity index (χ3n) is 1.64. The van der Waals surface area contributed by atoms with Gasteiger partial charge in [-0.3, -0.25) is 4.79 Å². The highest BCUT2D eigenvalue weighted by atomic mass is 19.4. The van der Waals surface area contributed by atoms with Gasteiger partial charge >= 0.3 is 6.18 Å². The lowest BCUT2D eigenvalue weighted by Gasteiger charge is -2.09. The average Bonchev–Trinajstić information content (AvgIpc) is 2.48. The number of alkyl halides is 3. The first kappa shape index (κ1) is 10.7. The zero-order valence-electron chi connectivity index (χ0n) is 7.51. The molecule has 0 amide bonds. The summed E-state index contributed by atoms with van der Waals surface area (Å²) < 4.78 is 36.8. The Morgan fingerprint density at radius 1 is 1.57 bits per heavy atom. The predicted molar refractivity (Wildman–Crippen MR) is 42.9 cm³/mol. The maximum Gasteiger partial charge on any atom is 0.406 e. The zero-order valence-corrected chi connectivity index (χ0v) is 7.51. The summed E-state index contributed by atoms with van der Waals surface area (Å²) in [4.78, 5) is 14.7. The molecule has 0 aliphatic rings. The second kappa shape index (κ2) is 3.81. The summed E-state index contributed by atoms with van der Waals surface area (Å²) in [6.45, 7) is 0.406. The molecule has 0 unspecified atom stereocenters. The minimum Gasteiger partial charge on any atom is -0.319 e. The van der Waals surface area contributed by atoms with Crippen LogP contribution in [0.5, 0.6) is 0 Å². The highest BCUT2D eigenvalue weighted by Gasteiger charge is 2.29. The minimum absolute atomic E-state index is 0.134. The topological polar surface area (TPSA) is 34.9 Å². The third-order valence-corrected chi connectivity index (χ3v) is 1.64. The Morgan fingerprint density at radius 2 is 2.21 bits per heavy atom. The quantitative estimate of drug-likeness (QED) is 0.709. The second-order valence-corrected chi connectivity index (χ2v) is 2.77. The van der Waals surface area contributed by atoms with Crippen LogP contribution in [0.4, 0.5) is 13.2 Å². The van der Waals surface area contributed by atoms with E-state index in [1.807, 2.05) is 0 Å². The summed E-state index contributed by atoms with van der Waals surface area (Å²) >= 11 is 0. The monoisotopic (exact) mass is 206 g/mol. The predicted octanol–water partition coefficient (Wildman–Crippen LogP) is 2.04. The first-order valence-electron chi connectivity index (χ1n) is 4.05. The van der Waals surface area contributed by atoms with Crippen molar-refractivity contribution in [3.05, 3.63) is 18.2 Å². The molecule has 1 aromatic rings. The van der Waals surface area contributed by atoms with Crippen LogP contribution in [0.3, 0.4) is 0 Å². The van der Waals surface area contributed by atoms with E-state index in [0.29, 0.717) is 0 Å². The van der Waals surface area contributed by atoms with E-state index in [4.69, 9.17) is 0 Å². The van der Waals surface area contributed by atoms with E-state index < -0.39 is 12.7 Å². The van der Waals surface area contributed by atoms with Crippen LogP contribution in [-0.4, -0.2) is 21.5 Å². The lowest BCUT2D eigenvalue weighted by Crippen LogP contribution is -2.20. The molecule has 0 aliphatic carbocycles. The first-order valence-corrected chi connectivity index (χ1v) is 4.05. The number of ketones is 1. The fraction of sp³-hybridized carbons (Fsp3) is 0.500. The molecule has 0 saturated heterocycles. The van der Waals surface area contributed by atoms with Crippen molar-refractivity contribution < 1.29 is 18.0 Å². The lowest BCUT2D eigenvalue weighted by atomic mass is 10.3. The van der Waals surface area contributed by atoms with Gasteiger partial charge in [-0.1, -0.05) is 6.92 Å². The molecular formula is C8H9F3N2O. The molecule has 6 heteroatoms. The Kier molecular flexibility index (Phi) is 2.93. The van der Waals surface area contributed by atoms with E-state index >= 15 is 0 Å². The molecule has 0 radical (unpaired) electrons. The maximum absolute atomic E-state index is 12.0. The molecule has 0 aliphatic heterocycles. The van der Waals surface area contributed by atoms with Crippen molar-refractivity contribution >= 4 is 5.78 Å². The summed E-state index contributed by atoms with van der Waals surface area (Å²) in [5.41, 5.74) is 0. The van der Waals surface area contributed by atoms with E-state index in [1.165, 1.54) is 6.20 Å². The first-order chi connectivity index (χ1) is 6.44. The van der Waals surface area contributed by atoms with E-state index in [2.05, 4.69) is 4.98 Å². The fourth-order valence-corrected chi connectivity index (χ4v) is 1.04. The molecule has 14 heavy (non-hydrogen) atoms. The molecule has 0 spiro atoms. The summed E-state index contributed by atoms with van der Waals surface area (Å²) in [5.74, 6) is -0.524. The van der Waals surface area contributed by atoms with Gasteiger partial charge in [0.2, 0.25) is 0 Å². The number of aromatic nitrogens is 2. The van der Waals surface area contributed by atoms with Crippen molar-refractivity contribution in [3.8, 4) is 0 Å². The van der Waals surface area contributed by atoms with Crippen LogP contribution in [0.1, 0.15) is 24.0 Å². The van der Waals surface area contributed by atoms with Crippen LogP contribution >= 0.6 is 0 Å². The zero-order chi connectivity index (χ0) is 10.8. The van der Waals surface area contributed by atoms with Gasteiger partial charge in [0.15, 0.2) is 11.6 Å². The second-order valence-electron chi connectivity index (χ2n) is 2.77. The highest BCUT2D eigenvalue weighted by molar-refractivity contribution is 5.92. The van der Waals surface area contributed by atoms with Crippen molar-refractivity contribution in [2.24, 2.45) is 0 Å². The lowest BCUT2D eigenvalue weighted by molar-refractivity contribution is -0.140. The number of carbonyl (C=O) groups excluding carboxylic acids is 1. The normalized spacial score (nSPS) is 11.7. The van der Waals surface area contributed by atoms with Gasteiger partial charge in [-0.15, -0.1) is 0 Å². The molecule has 0 bridgehead atoms. The van der Waals surface area contributed by atoms with E-state index in [0.717, 1.165) is 10.8 Å². The third kappa shape index (κ3) is 2.58. The van der Waals surface area contributed by atoms with Gasteiger partial charge in [-0.05, 0) is 0 Å². The summed E-state index contributed by atoms with van der Waals surface area (Å²) in [5, 5.41) is 0. The van der Waals surface area contributed by atoms with Gasteiger partial charge in [0.05, 0.1) is 0 Å². The molecule has 0 fully saturated rings. The van der Waals surface area contributed by atoms with Crippen LogP contribution in [0.15, 0.2) is 12.4 Å². The smallest absolute Gasteiger partial charge is 0.319 e. The van der Waals surface area contributed by atoms with E-state index in [1.54, 1.807) is 6.92 Å². The highest BCUT2D eigenvalue weighted by Crippen LogP contribution is 2.18. The summed E-state index contributed by atoms with van der Waals surface area (Å²) in [6.07, 6.45) is -1.84. The molecule has 78 valence electrons. The van der Waals surface area contributed by atoms with Crippen molar-refractivity contribution in [3.63, 3.8) is 0 Å². The fourth-order valence-electron chi connectivity index (χ4n) is 1.04. The van der Waals surface area contributed by atoms with E-state index in [9.17, 15) is 18.0 Å². The molecule has 0 aromatic carbocycles. The number of hydrogen-bond acceptors (Lipinski definition) is 2. The molecule has 0 atom stereocenters. The molecule has 0 N–H and O–H groups in total. The number of halogens is 3. The Labute approximate surface area is 78.6 Å². The largest absolute Gasteiger partial charge is 0.406 e. The van der Waals surface area contributed by atoms with Gasteiger partial charge < -0.3 is 4.57 Å². The standard InChI is InChI=1S/C8H9F3N2O/c1-2-6(14)7-12-3-4-13(7)5-8(9,10)11/h3-4H,2,5H2,1H3. The van der Waals surface area contributed by atoms with Gasteiger partial charge in [0.25, 0.3) is 0 Å². The molecular weight excluding hydrogens is 197 g/mol. The molecule has 1 rings (SSSR count). The van der Waals surface area contributed by atoms with Gasteiger partial charge in [0.1, 0.15) is 6.54 Å².